The third kappa shape index (κ3) is 3.99. The number of nitrogens with one attached hydrogen (secondary N) is 1. The van der Waals surface area contributed by atoms with Gasteiger partial charge in [0, 0.05) is 17.8 Å². The summed E-state index contributed by atoms with van der Waals surface area (Å²) in [5.74, 6) is 2.46. The lowest BCUT2D eigenvalue weighted by Crippen LogP contribution is -2.41. The second-order valence-corrected chi connectivity index (χ2v) is 7.23. The van der Waals surface area contributed by atoms with Crippen molar-refractivity contribution in [2.45, 2.75) is 39.3 Å². The van der Waals surface area contributed by atoms with Crippen LogP contribution in [0, 0.1) is 16.7 Å². The van der Waals surface area contributed by atoms with Crippen LogP contribution in [0.3, 0.4) is 0 Å². The van der Waals surface area contributed by atoms with Gasteiger partial charge >= 0.3 is 0 Å². The fourth-order valence-electron chi connectivity index (χ4n) is 2.67. The molecular weight excluding hydrogens is 252 g/mol. The molecule has 2 unspecified atom stereocenters. The SMILES string of the molecule is CC(NC1CSCC(C)(C)C1)c1ccc(C#N)cc1. The number of hydrogen-bond acceptors (Lipinski definition) is 3. The van der Waals surface area contributed by atoms with E-state index in [1.54, 1.807) is 0 Å². The van der Waals surface area contributed by atoms with Gasteiger partial charge in [0.05, 0.1) is 11.6 Å². The van der Waals surface area contributed by atoms with Gasteiger partial charge in [-0.25, -0.2) is 0 Å². The normalized spacial score (nSPS) is 23.6. The topological polar surface area (TPSA) is 35.8 Å². The molecule has 0 amide bonds. The van der Waals surface area contributed by atoms with Crippen molar-refractivity contribution >= 4 is 11.8 Å². The summed E-state index contributed by atoms with van der Waals surface area (Å²) in [6.45, 7) is 6.90. The Bertz CT molecular complexity index is 459. The monoisotopic (exact) mass is 274 g/mol. The van der Waals surface area contributed by atoms with E-state index < -0.39 is 0 Å². The Morgan fingerprint density at radius 3 is 2.63 bits per heavy atom. The largest absolute Gasteiger partial charge is 0.307 e. The smallest absolute Gasteiger partial charge is 0.0991 e. The predicted molar refractivity (Wildman–Crippen MR) is 82.2 cm³/mol. The van der Waals surface area contributed by atoms with Crippen molar-refractivity contribution in [3.63, 3.8) is 0 Å². The van der Waals surface area contributed by atoms with E-state index in [2.05, 4.69) is 44.3 Å². The highest BCUT2D eigenvalue weighted by molar-refractivity contribution is 7.99. The molecule has 2 atom stereocenters. The quantitative estimate of drug-likeness (QED) is 0.912. The maximum atomic E-state index is 8.82. The first-order chi connectivity index (χ1) is 9.00. The standard InChI is InChI=1S/C16H22N2S/c1-12(14-6-4-13(9-17)5-7-14)18-15-8-16(2,3)11-19-10-15/h4-7,12,15,18H,8,10-11H2,1-3H3. The molecule has 2 nitrogen and oxygen atoms in total. The van der Waals surface area contributed by atoms with Crippen LogP contribution in [0.4, 0.5) is 0 Å². The molecule has 0 bridgehead atoms. The van der Waals surface area contributed by atoms with Crippen LogP contribution >= 0.6 is 11.8 Å². The van der Waals surface area contributed by atoms with Crippen LogP contribution in [0.25, 0.3) is 0 Å². The van der Waals surface area contributed by atoms with Gasteiger partial charge in [0.2, 0.25) is 0 Å². The number of benzene rings is 1. The lowest BCUT2D eigenvalue weighted by molar-refractivity contribution is 0.305. The van der Waals surface area contributed by atoms with Gasteiger partial charge in [0.1, 0.15) is 0 Å². The first-order valence-electron chi connectivity index (χ1n) is 6.84. The maximum Gasteiger partial charge on any atom is 0.0991 e. The average Bonchev–Trinajstić information content (AvgIpc) is 2.37. The lowest BCUT2D eigenvalue weighted by Gasteiger charge is -2.36. The lowest BCUT2D eigenvalue weighted by atomic mass is 9.87. The van der Waals surface area contributed by atoms with E-state index in [4.69, 9.17) is 5.26 Å². The molecule has 0 radical (unpaired) electrons. The maximum absolute atomic E-state index is 8.82. The summed E-state index contributed by atoms with van der Waals surface area (Å²) in [6.07, 6.45) is 1.24. The molecule has 3 heteroatoms. The Morgan fingerprint density at radius 1 is 1.37 bits per heavy atom. The third-order valence-electron chi connectivity index (χ3n) is 3.64. The molecule has 1 aromatic carbocycles. The van der Waals surface area contributed by atoms with Crippen LogP contribution in [0.2, 0.25) is 0 Å². The van der Waals surface area contributed by atoms with Gasteiger partial charge < -0.3 is 5.32 Å². The summed E-state index contributed by atoms with van der Waals surface area (Å²) in [5.41, 5.74) is 2.42. The van der Waals surface area contributed by atoms with Crippen molar-refractivity contribution < 1.29 is 0 Å². The van der Waals surface area contributed by atoms with E-state index in [9.17, 15) is 0 Å². The third-order valence-corrected chi connectivity index (χ3v) is 5.26. The minimum atomic E-state index is 0.340. The zero-order valence-corrected chi connectivity index (χ0v) is 12.8. The Labute approximate surface area is 120 Å². The molecule has 0 aromatic heterocycles. The molecule has 1 aliphatic heterocycles. The Morgan fingerprint density at radius 2 is 2.05 bits per heavy atom. The van der Waals surface area contributed by atoms with Gasteiger partial charge in [0.25, 0.3) is 0 Å². The summed E-state index contributed by atoms with van der Waals surface area (Å²) < 4.78 is 0. The van der Waals surface area contributed by atoms with E-state index >= 15 is 0 Å². The average molecular weight is 274 g/mol. The highest BCUT2D eigenvalue weighted by Gasteiger charge is 2.29. The van der Waals surface area contributed by atoms with E-state index in [0.717, 1.165) is 5.56 Å². The number of thioether (sulfide) groups is 1. The molecule has 1 fully saturated rings. The fraction of sp³-hybridized carbons (Fsp3) is 0.562. The molecule has 0 saturated carbocycles. The number of hydrogen-bond donors (Lipinski definition) is 1. The second-order valence-electron chi connectivity index (χ2n) is 6.20. The molecule has 1 aromatic rings. The van der Waals surface area contributed by atoms with Crippen molar-refractivity contribution in [1.82, 2.24) is 5.32 Å². The van der Waals surface area contributed by atoms with Crippen LogP contribution in [-0.2, 0) is 0 Å². The zero-order chi connectivity index (χ0) is 13.9. The Kier molecular flexibility index (Phi) is 4.54. The van der Waals surface area contributed by atoms with Crippen molar-refractivity contribution in [2.24, 2.45) is 5.41 Å². The summed E-state index contributed by atoms with van der Waals surface area (Å²) >= 11 is 2.05. The number of nitrogens with zero attached hydrogens (tertiary/aromatic N) is 1. The fourth-order valence-corrected chi connectivity index (χ4v) is 3.95. The van der Waals surface area contributed by atoms with Gasteiger partial charge in [-0.1, -0.05) is 26.0 Å². The predicted octanol–water partition coefficient (Wildman–Crippen LogP) is 3.74. The summed E-state index contributed by atoms with van der Waals surface area (Å²) in [4.78, 5) is 0. The van der Waals surface area contributed by atoms with Crippen LogP contribution in [0.1, 0.15) is 44.4 Å². The van der Waals surface area contributed by atoms with Crippen LogP contribution < -0.4 is 5.32 Å². The minimum absolute atomic E-state index is 0.340. The Hall–Kier alpha value is -0.980. The number of rotatable bonds is 3. The molecule has 19 heavy (non-hydrogen) atoms. The molecular formula is C16H22N2S. The van der Waals surface area contributed by atoms with E-state index in [0.29, 0.717) is 17.5 Å². The highest BCUT2D eigenvalue weighted by Crippen LogP contribution is 2.34. The second kappa shape index (κ2) is 5.98. The summed E-state index contributed by atoms with van der Waals surface area (Å²) in [6, 6.07) is 11.0. The van der Waals surface area contributed by atoms with Crippen LogP contribution in [0.5, 0.6) is 0 Å². The molecule has 102 valence electrons. The van der Waals surface area contributed by atoms with Gasteiger partial charge in [-0.15, -0.1) is 0 Å². The summed E-state index contributed by atoms with van der Waals surface area (Å²) in [5, 5.41) is 12.5. The van der Waals surface area contributed by atoms with Crippen molar-refractivity contribution in [3.05, 3.63) is 35.4 Å². The van der Waals surface area contributed by atoms with E-state index in [1.165, 1.54) is 23.5 Å². The van der Waals surface area contributed by atoms with E-state index in [-0.39, 0.29) is 0 Å². The zero-order valence-electron chi connectivity index (χ0n) is 11.9. The highest BCUT2D eigenvalue weighted by atomic mass is 32.2. The van der Waals surface area contributed by atoms with Crippen molar-refractivity contribution in [1.29, 1.82) is 5.26 Å². The number of nitriles is 1. The molecule has 0 spiro atoms. The molecule has 1 N–H and O–H groups in total. The van der Waals surface area contributed by atoms with Gasteiger partial charge in [-0.05, 0) is 42.2 Å². The Balaban J connectivity index is 1.96. The first kappa shape index (κ1) is 14.4. The summed E-state index contributed by atoms with van der Waals surface area (Å²) in [7, 11) is 0. The van der Waals surface area contributed by atoms with Gasteiger partial charge in [-0.3, -0.25) is 0 Å². The first-order valence-corrected chi connectivity index (χ1v) is 7.99. The van der Waals surface area contributed by atoms with Crippen LogP contribution in [0.15, 0.2) is 24.3 Å². The molecule has 1 saturated heterocycles. The molecule has 0 aliphatic carbocycles. The van der Waals surface area contributed by atoms with Gasteiger partial charge in [-0.2, -0.15) is 17.0 Å². The molecule has 1 aliphatic rings. The van der Waals surface area contributed by atoms with E-state index in [1.807, 2.05) is 23.9 Å². The van der Waals surface area contributed by atoms with Crippen molar-refractivity contribution in [3.8, 4) is 6.07 Å². The molecule has 1 heterocycles. The molecule has 2 rings (SSSR count). The van der Waals surface area contributed by atoms with Gasteiger partial charge in [0.15, 0.2) is 0 Å². The minimum Gasteiger partial charge on any atom is -0.307 e. The van der Waals surface area contributed by atoms with Crippen LogP contribution in [-0.4, -0.2) is 17.5 Å². The van der Waals surface area contributed by atoms with Crippen molar-refractivity contribution in [2.75, 3.05) is 11.5 Å².